The van der Waals surface area contributed by atoms with E-state index in [4.69, 9.17) is 18.5 Å². The van der Waals surface area contributed by atoms with Crippen LogP contribution in [0, 0.1) is 0 Å². The minimum atomic E-state index is -4.29. The van der Waals surface area contributed by atoms with Gasteiger partial charge in [-0.2, -0.15) is 0 Å². The third-order valence-electron chi connectivity index (χ3n) is 10.4. The van der Waals surface area contributed by atoms with Crippen LogP contribution >= 0.6 is 7.82 Å². The molecule has 0 radical (unpaired) electrons. The van der Waals surface area contributed by atoms with Gasteiger partial charge >= 0.3 is 13.8 Å². The highest BCUT2D eigenvalue weighted by Crippen LogP contribution is 2.43. The molecule has 9 heteroatoms. The molecule has 0 spiro atoms. The number of carbonyl (C=O) groups is 1. The van der Waals surface area contributed by atoms with E-state index in [2.05, 4.69) is 98.9 Å². The maximum absolute atomic E-state index is 12.7. The van der Waals surface area contributed by atoms with Crippen molar-refractivity contribution >= 4 is 13.8 Å². The second-order valence-electron chi connectivity index (χ2n) is 17.8. The van der Waals surface area contributed by atoms with Crippen LogP contribution in [0.15, 0.2) is 85.1 Å². The standard InChI is InChI=1S/C54H96NO7P/c1-6-8-10-12-14-16-18-20-22-24-25-26-27-28-29-30-32-34-36-38-40-42-44-46-49-59-51-53(52-61-63(57,58)60-50-48-55(3,4)5)62-54(56)47-45-43-41-39-37-35-33-31-23-21-19-17-15-13-11-9-7-2/h8,10,14-17,20-23,25-26,28-29,53H,6-7,9,11-13,18-19,24,27,30-52H2,1-5H3/p+1/b10-8-,16-14-,17-15-,22-20-,23-21-,26-25-,29-28-. The van der Waals surface area contributed by atoms with Gasteiger partial charge in [0.05, 0.1) is 34.4 Å². The number of hydrogen-bond acceptors (Lipinski definition) is 6. The maximum atomic E-state index is 12.7. The lowest BCUT2D eigenvalue weighted by molar-refractivity contribution is -0.870. The molecule has 63 heavy (non-hydrogen) atoms. The number of allylic oxidation sites excluding steroid dienone is 14. The van der Waals surface area contributed by atoms with Crippen molar-refractivity contribution in [1.82, 2.24) is 0 Å². The van der Waals surface area contributed by atoms with E-state index in [0.717, 1.165) is 83.5 Å². The third-order valence-corrected chi connectivity index (χ3v) is 11.4. The third kappa shape index (κ3) is 50.5. The lowest BCUT2D eigenvalue weighted by Gasteiger charge is -2.24. The average Bonchev–Trinajstić information content (AvgIpc) is 3.24. The van der Waals surface area contributed by atoms with Gasteiger partial charge in [-0.15, -0.1) is 0 Å². The number of rotatable bonds is 46. The quantitative estimate of drug-likeness (QED) is 0.0214. The number of hydrogen-bond donors (Lipinski definition) is 1. The molecule has 0 aromatic rings. The highest BCUT2D eigenvalue weighted by Gasteiger charge is 2.26. The Morgan fingerprint density at radius 3 is 1.38 bits per heavy atom. The summed E-state index contributed by atoms with van der Waals surface area (Å²) in [4.78, 5) is 23.0. The largest absolute Gasteiger partial charge is 0.472 e. The van der Waals surface area contributed by atoms with Gasteiger partial charge in [-0.05, 0) is 89.9 Å². The summed E-state index contributed by atoms with van der Waals surface area (Å²) in [6, 6.07) is 0. The van der Waals surface area contributed by atoms with Crippen molar-refractivity contribution in [2.45, 2.75) is 200 Å². The Morgan fingerprint density at radius 2 is 0.921 bits per heavy atom. The highest BCUT2D eigenvalue weighted by molar-refractivity contribution is 7.47. The minimum absolute atomic E-state index is 0.0809. The number of phosphoric acid groups is 1. The molecule has 0 saturated carbocycles. The second kappa shape index (κ2) is 46.2. The first kappa shape index (κ1) is 60.7. The van der Waals surface area contributed by atoms with E-state index >= 15 is 0 Å². The molecule has 2 atom stereocenters. The van der Waals surface area contributed by atoms with E-state index in [0.29, 0.717) is 24.1 Å². The Bertz CT molecular complexity index is 1280. The molecule has 0 saturated heterocycles. The molecule has 0 aliphatic carbocycles. The molecule has 0 fully saturated rings. The zero-order valence-corrected chi connectivity index (χ0v) is 42.2. The first-order chi connectivity index (χ1) is 30.6. The number of quaternary nitrogens is 1. The smallest absolute Gasteiger partial charge is 0.457 e. The van der Waals surface area contributed by atoms with Gasteiger partial charge in [-0.25, -0.2) is 4.57 Å². The van der Waals surface area contributed by atoms with Crippen LogP contribution in [0.1, 0.15) is 194 Å². The number of unbranched alkanes of at least 4 members (excludes halogenated alkanes) is 18. The van der Waals surface area contributed by atoms with Gasteiger partial charge in [0, 0.05) is 13.0 Å². The van der Waals surface area contributed by atoms with Gasteiger partial charge in [-0.1, -0.05) is 182 Å². The van der Waals surface area contributed by atoms with Gasteiger partial charge in [0.2, 0.25) is 0 Å². The Hall–Kier alpha value is -2.32. The fraction of sp³-hybridized carbons (Fsp3) is 0.722. The SMILES string of the molecule is CC/C=C\C/C=C\C/C=C\C/C=C\C/C=C\CCCCCCCCCCOCC(COP(=O)(O)OCC[N+](C)(C)C)OC(=O)CCCCCCCCC/C=C\C/C=C\CCCCC. The van der Waals surface area contributed by atoms with Crippen molar-refractivity contribution < 1.29 is 37.3 Å². The number of carbonyl (C=O) groups excluding carboxylic acids is 1. The highest BCUT2D eigenvalue weighted by atomic mass is 31.2. The molecular formula is C54H97NO7P+. The number of ether oxygens (including phenoxy) is 2. The molecule has 0 aromatic carbocycles. The lowest BCUT2D eigenvalue weighted by Crippen LogP contribution is -2.37. The molecule has 1 N–H and O–H groups in total. The zero-order chi connectivity index (χ0) is 46.2. The number of likely N-dealkylation sites (N-methyl/N-ethyl adjacent to an activating group) is 1. The number of phosphoric ester groups is 1. The van der Waals surface area contributed by atoms with E-state index in [-0.39, 0.29) is 25.8 Å². The summed E-state index contributed by atoms with van der Waals surface area (Å²) < 4.78 is 35.1. The van der Waals surface area contributed by atoms with Crippen LogP contribution in [-0.4, -0.2) is 75.6 Å². The van der Waals surface area contributed by atoms with Gasteiger partial charge < -0.3 is 18.9 Å². The molecule has 0 amide bonds. The molecule has 0 heterocycles. The average molecular weight is 903 g/mol. The minimum Gasteiger partial charge on any atom is -0.457 e. The Balaban J connectivity index is 4.19. The van der Waals surface area contributed by atoms with Crippen LogP contribution in [0.3, 0.4) is 0 Å². The number of esters is 1. The van der Waals surface area contributed by atoms with Crippen LogP contribution < -0.4 is 0 Å². The summed E-state index contributed by atoms with van der Waals surface area (Å²) in [6.45, 7) is 5.45. The summed E-state index contributed by atoms with van der Waals surface area (Å²) in [7, 11) is 1.64. The predicted molar refractivity (Wildman–Crippen MR) is 270 cm³/mol. The molecule has 0 aromatic heterocycles. The van der Waals surface area contributed by atoms with E-state index in [1.165, 1.54) is 89.9 Å². The van der Waals surface area contributed by atoms with Gasteiger partial charge in [0.15, 0.2) is 0 Å². The molecule has 0 aliphatic heterocycles. The summed E-state index contributed by atoms with van der Waals surface area (Å²) in [5.74, 6) is -0.327. The summed E-state index contributed by atoms with van der Waals surface area (Å²) in [5.41, 5.74) is 0. The second-order valence-corrected chi connectivity index (χ2v) is 19.3. The molecule has 0 aliphatic rings. The van der Waals surface area contributed by atoms with E-state index in [9.17, 15) is 14.3 Å². The number of nitrogens with zero attached hydrogens (tertiary/aromatic N) is 1. The van der Waals surface area contributed by atoms with Gasteiger partial charge in [-0.3, -0.25) is 13.8 Å². The molecule has 0 rings (SSSR count). The first-order valence-corrected chi connectivity index (χ1v) is 26.8. The van der Waals surface area contributed by atoms with E-state index in [1.807, 2.05) is 21.1 Å². The van der Waals surface area contributed by atoms with Crippen LogP contribution in [0.4, 0.5) is 0 Å². The van der Waals surface area contributed by atoms with Gasteiger partial charge in [0.1, 0.15) is 19.3 Å². The van der Waals surface area contributed by atoms with Crippen LogP contribution in [-0.2, 0) is 27.9 Å². The Labute approximate surface area is 388 Å². The Kier molecular flexibility index (Phi) is 44.5. The van der Waals surface area contributed by atoms with Crippen LogP contribution in [0.25, 0.3) is 0 Å². The van der Waals surface area contributed by atoms with Gasteiger partial charge in [0.25, 0.3) is 0 Å². The lowest BCUT2D eigenvalue weighted by atomic mass is 10.1. The zero-order valence-electron chi connectivity index (χ0n) is 41.3. The fourth-order valence-corrected chi connectivity index (χ4v) is 7.29. The molecule has 8 nitrogen and oxygen atoms in total. The summed E-state index contributed by atoms with van der Waals surface area (Å²) in [5, 5.41) is 0. The van der Waals surface area contributed by atoms with Crippen molar-refractivity contribution in [2.75, 3.05) is 54.1 Å². The summed E-state index contributed by atoms with van der Waals surface area (Å²) >= 11 is 0. The van der Waals surface area contributed by atoms with Crippen molar-refractivity contribution in [3.05, 3.63) is 85.1 Å². The van der Waals surface area contributed by atoms with Crippen molar-refractivity contribution in [3.63, 3.8) is 0 Å². The Morgan fingerprint density at radius 1 is 0.508 bits per heavy atom. The molecular weight excluding hydrogens is 806 g/mol. The first-order valence-electron chi connectivity index (χ1n) is 25.3. The molecule has 2 unspecified atom stereocenters. The van der Waals surface area contributed by atoms with Crippen molar-refractivity contribution in [2.24, 2.45) is 0 Å². The van der Waals surface area contributed by atoms with Crippen molar-refractivity contribution in [3.8, 4) is 0 Å². The fourth-order valence-electron chi connectivity index (χ4n) is 6.55. The predicted octanol–water partition coefficient (Wildman–Crippen LogP) is 15.6. The van der Waals surface area contributed by atoms with Crippen LogP contribution in [0.5, 0.6) is 0 Å². The topological polar surface area (TPSA) is 91.3 Å². The van der Waals surface area contributed by atoms with Crippen molar-refractivity contribution in [1.29, 1.82) is 0 Å². The van der Waals surface area contributed by atoms with E-state index < -0.39 is 13.9 Å². The molecule has 0 bridgehead atoms. The molecule has 364 valence electrons. The van der Waals surface area contributed by atoms with E-state index in [1.54, 1.807) is 0 Å². The monoisotopic (exact) mass is 903 g/mol. The maximum Gasteiger partial charge on any atom is 0.472 e. The summed E-state index contributed by atoms with van der Waals surface area (Å²) in [6.07, 6.45) is 61.9. The normalized spacial score (nSPS) is 14.3. The van der Waals surface area contributed by atoms with Crippen LogP contribution in [0.2, 0.25) is 0 Å².